The van der Waals surface area contributed by atoms with Crippen molar-refractivity contribution in [1.82, 2.24) is 5.32 Å². The zero-order chi connectivity index (χ0) is 38.1. The molecule has 5 atom stereocenters. The van der Waals surface area contributed by atoms with Gasteiger partial charge in [0.25, 0.3) is 0 Å². The Morgan fingerprint density at radius 1 is 0.561 bits per heavy atom. The molecule has 6 aromatic rings. The van der Waals surface area contributed by atoms with Crippen molar-refractivity contribution in [3.63, 3.8) is 0 Å². The van der Waals surface area contributed by atoms with Crippen molar-refractivity contribution in [3.05, 3.63) is 220 Å². The fourth-order valence-corrected chi connectivity index (χ4v) is 11.6. The van der Waals surface area contributed by atoms with E-state index in [2.05, 4.69) is 189 Å². The lowest BCUT2D eigenvalue weighted by Gasteiger charge is -2.40. The molecule has 0 amide bonds. The molecular formula is C55H50N2. The molecule has 1 N–H and O–H groups in total. The summed E-state index contributed by atoms with van der Waals surface area (Å²) < 4.78 is 0. The van der Waals surface area contributed by atoms with Crippen molar-refractivity contribution < 1.29 is 0 Å². The van der Waals surface area contributed by atoms with Crippen LogP contribution < -0.4 is 5.32 Å². The monoisotopic (exact) mass is 738 g/mol. The molecule has 6 aromatic carbocycles. The summed E-state index contributed by atoms with van der Waals surface area (Å²) in [6.07, 6.45) is 11.9. The Balaban J connectivity index is 0.987. The second-order valence-corrected chi connectivity index (χ2v) is 17.8. The smallest absolute Gasteiger partial charge is 0.0948 e. The Hall–Kier alpha value is -5.57. The third-order valence-electron chi connectivity index (χ3n) is 14.4. The number of fused-ring (bicyclic) bond motifs is 8. The fraction of sp³-hybridized carbons (Fsp3) is 0.255. The van der Waals surface area contributed by atoms with E-state index in [0.717, 1.165) is 11.3 Å². The molecule has 1 fully saturated rings. The number of hydrogen-bond acceptors (Lipinski definition) is 2. The van der Waals surface area contributed by atoms with Gasteiger partial charge in [-0.2, -0.15) is 0 Å². The minimum Gasteiger partial charge on any atom is -0.296 e. The Morgan fingerprint density at radius 2 is 1.21 bits per heavy atom. The molecule has 1 heterocycles. The maximum absolute atomic E-state index is 5.68. The van der Waals surface area contributed by atoms with E-state index in [9.17, 15) is 0 Å². The molecule has 0 bridgehead atoms. The van der Waals surface area contributed by atoms with Gasteiger partial charge in [0.2, 0.25) is 0 Å². The number of rotatable bonds is 5. The van der Waals surface area contributed by atoms with Gasteiger partial charge in [0, 0.05) is 11.3 Å². The van der Waals surface area contributed by atoms with Crippen molar-refractivity contribution >= 4 is 11.3 Å². The van der Waals surface area contributed by atoms with Crippen LogP contribution in [0.1, 0.15) is 115 Å². The molecule has 0 aromatic heterocycles. The maximum atomic E-state index is 5.68. The summed E-state index contributed by atoms with van der Waals surface area (Å²) in [5, 5.41) is 4.10. The summed E-state index contributed by atoms with van der Waals surface area (Å²) in [5.74, 6) is 0.937. The summed E-state index contributed by atoms with van der Waals surface area (Å²) in [5.41, 5.74) is 18.0. The predicted octanol–water partition coefficient (Wildman–Crippen LogP) is 13.2. The minimum atomic E-state index is -0.0852. The second-order valence-electron chi connectivity index (χ2n) is 17.8. The fourth-order valence-electron chi connectivity index (χ4n) is 11.6. The van der Waals surface area contributed by atoms with Gasteiger partial charge in [-0.1, -0.05) is 197 Å². The van der Waals surface area contributed by atoms with Gasteiger partial charge in [-0.05, 0) is 97.0 Å². The average molecular weight is 739 g/mol. The standard InChI is InChI=1S/C55H50N2/c1-54(2)46-24-14-13-23-42(46)44-34-45-43-30-29-41(33-48(43)55(31-15-6-16-32-55)49(45)35-47(44)54)36-25-27-40(28-26-36)53-52(39-21-11-5-12-22-39)56-50(37-17-7-3-8-18-37)51(57-53)38-19-9-4-10-20-38/h3-5,7-14,17-30,33-35,44,47,50,52-53,56H,6,15-16,31-32H2,1-2H3. The largest absolute Gasteiger partial charge is 0.296 e. The molecule has 0 saturated heterocycles. The molecule has 57 heavy (non-hydrogen) atoms. The summed E-state index contributed by atoms with van der Waals surface area (Å²) in [4.78, 5) is 5.68. The molecule has 5 unspecified atom stereocenters. The molecule has 1 aliphatic heterocycles. The third kappa shape index (κ3) is 5.52. The highest BCUT2D eigenvalue weighted by atomic mass is 15.1. The lowest BCUT2D eigenvalue weighted by Crippen LogP contribution is -2.40. The van der Waals surface area contributed by atoms with E-state index in [1.165, 1.54) is 82.2 Å². The summed E-state index contributed by atoms with van der Waals surface area (Å²) >= 11 is 0. The zero-order valence-electron chi connectivity index (χ0n) is 33.0. The van der Waals surface area contributed by atoms with E-state index < -0.39 is 0 Å². The molecule has 4 aliphatic carbocycles. The van der Waals surface area contributed by atoms with Crippen molar-refractivity contribution in [1.29, 1.82) is 0 Å². The number of aliphatic imine (C=N–C) groups is 1. The number of nitrogens with one attached hydrogen (secondary N) is 1. The van der Waals surface area contributed by atoms with Gasteiger partial charge in [-0.15, -0.1) is 0 Å². The SMILES string of the molecule is CC1(C)c2ccccc2C2C=C3C(=CC21)C1(CCCCC1)c1cc(-c2ccc(C4N=C(c5ccccc5)C(c5ccccc5)NC4c4ccccc4)cc2)ccc13. The van der Waals surface area contributed by atoms with E-state index in [1.54, 1.807) is 11.1 Å². The predicted molar refractivity (Wildman–Crippen MR) is 236 cm³/mol. The Kier molecular flexibility index (Phi) is 8.23. The van der Waals surface area contributed by atoms with Gasteiger partial charge in [-0.3, -0.25) is 10.3 Å². The van der Waals surface area contributed by atoms with Crippen LogP contribution in [0.5, 0.6) is 0 Å². The van der Waals surface area contributed by atoms with Crippen molar-refractivity contribution in [2.45, 2.75) is 80.8 Å². The van der Waals surface area contributed by atoms with E-state index in [-0.39, 0.29) is 29.0 Å². The highest BCUT2D eigenvalue weighted by Gasteiger charge is 2.52. The van der Waals surface area contributed by atoms with Crippen LogP contribution in [0.2, 0.25) is 0 Å². The molecule has 280 valence electrons. The summed E-state index contributed by atoms with van der Waals surface area (Å²) in [7, 11) is 0. The van der Waals surface area contributed by atoms with Crippen LogP contribution in [0, 0.1) is 5.92 Å². The van der Waals surface area contributed by atoms with Gasteiger partial charge in [-0.25, -0.2) is 0 Å². The van der Waals surface area contributed by atoms with Crippen molar-refractivity contribution in [2.24, 2.45) is 10.9 Å². The number of allylic oxidation sites excluding steroid dienone is 4. The first kappa shape index (κ1) is 34.7. The number of nitrogens with zero attached hydrogens (tertiary/aromatic N) is 1. The van der Waals surface area contributed by atoms with Crippen LogP contribution in [-0.4, -0.2) is 5.71 Å². The first-order valence-corrected chi connectivity index (χ1v) is 21.3. The van der Waals surface area contributed by atoms with Crippen LogP contribution in [0.4, 0.5) is 0 Å². The third-order valence-corrected chi connectivity index (χ3v) is 14.4. The van der Waals surface area contributed by atoms with Crippen LogP contribution in [0.3, 0.4) is 0 Å². The molecule has 5 aliphatic rings. The van der Waals surface area contributed by atoms with Crippen molar-refractivity contribution in [3.8, 4) is 11.1 Å². The lowest BCUT2D eigenvalue weighted by molar-refractivity contribution is 0.340. The van der Waals surface area contributed by atoms with Crippen LogP contribution in [-0.2, 0) is 10.8 Å². The van der Waals surface area contributed by atoms with Crippen LogP contribution >= 0.6 is 0 Å². The molecule has 2 nitrogen and oxygen atoms in total. The van der Waals surface area contributed by atoms with Crippen LogP contribution in [0.25, 0.3) is 16.7 Å². The lowest BCUT2D eigenvalue weighted by atomic mass is 9.64. The van der Waals surface area contributed by atoms with Gasteiger partial charge in [0.1, 0.15) is 0 Å². The highest BCUT2D eigenvalue weighted by Crippen LogP contribution is 2.63. The van der Waals surface area contributed by atoms with Crippen molar-refractivity contribution in [2.75, 3.05) is 0 Å². The second kappa shape index (κ2) is 13.5. The van der Waals surface area contributed by atoms with E-state index in [0.29, 0.717) is 11.8 Å². The topological polar surface area (TPSA) is 24.4 Å². The molecule has 0 radical (unpaired) electrons. The maximum Gasteiger partial charge on any atom is 0.0948 e. The molecule has 1 spiro atoms. The van der Waals surface area contributed by atoms with Gasteiger partial charge in [0.15, 0.2) is 0 Å². The van der Waals surface area contributed by atoms with Gasteiger partial charge >= 0.3 is 0 Å². The average Bonchev–Trinajstić information content (AvgIpc) is 3.66. The molecular weight excluding hydrogens is 689 g/mol. The van der Waals surface area contributed by atoms with E-state index in [1.807, 2.05) is 0 Å². The quantitative estimate of drug-likeness (QED) is 0.187. The number of hydrogen-bond donors (Lipinski definition) is 1. The highest BCUT2D eigenvalue weighted by molar-refractivity contribution is 6.05. The first-order valence-electron chi connectivity index (χ1n) is 21.3. The zero-order valence-corrected chi connectivity index (χ0v) is 33.0. The molecule has 11 rings (SSSR count). The van der Waals surface area contributed by atoms with E-state index >= 15 is 0 Å². The summed E-state index contributed by atoms with van der Waals surface area (Å²) in [6, 6.07) is 58.3. The minimum absolute atomic E-state index is 0.0159. The molecule has 2 heteroatoms. The Labute approximate surface area is 338 Å². The van der Waals surface area contributed by atoms with Crippen LogP contribution in [0.15, 0.2) is 180 Å². The Bertz CT molecular complexity index is 2550. The van der Waals surface area contributed by atoms with E-state index in [4.69, 9.17) is 4.99 Å². The van der Waals surface area contributed by atoms with Gasteiger partial charge < -0.3 is 0 Å². The summed E-state index contributed by atoms with van der Waals surface area (Å²) in [6.45, 7) is 4.95. The number of benzene rings is 6. The van der Waals surface area contributed by atoms with Gasteiger partial charge in [0.05, 0.1) is 23.8 Å². The molecule has 1 saturated carbocycles. The normalized spacial score (nSPS) is 25.0. The first-order chi connectivity index (χ1) is 28.0. The Morgan fingerprint density at radius 3 is 1.95 bits per heavy atom.